The molecule has 4 rings (SSSR count). The molecule has 1 amide bonds. The van der Waals surface area contributed by atoms with Gasteiger partial charge < -0.3 is 9.73 Å². The average molecular weight is 403 g/mol. The number of rotatable bonds is 4. The molecule has 146 valence electrons. The molecule has 28 heavy (non-hydrogen) atoms. The van der Waals surface area contributed by atoms with Crippen LogP contribution in [0.1, 0.15) is 18.7 Å². The Morgan fingerprint density at radius 1 is 1.29 bits per heavy atom. The number of oxazole rings is 1. The molecule has 0 radical (unpaired) electrons. The molecule has 1 fully saturated rings. The summed E-state index contributed by atoms with van der Waals surface area (Å²) in [7, 11) is -4.12. The van der Waals surface area contributed by atoms with Crippen LogP contribution in [-0.4, -0.2) is 36.2 Å². The number of anilines is 1. The van der Waals surface area contributed by atoms with Gasteiger partial charge in [-0.15, -0.1) is 0 Å². The summed E-state index contributed by atoms with van der Waals surface area (Å²) in [5.41, 5.74) is 1.68. The Labute approximate surface area is 161 Å². The molecule has 3 aromatic rings. The second kappa shape index (κ2) is 6.99. The Kier molecular flexibility index (Phi) is 4.64. The summed E-state index contributed by atoms with van der Waals surface area (Å²) in [4.78, 5) is 16.6. The quantitative estimate of drug-likeness (QED) is 0.723. The van der Waals surface area contributed by atoms with E-state index in [0.29, 0.717) is 35.5 Å². The van der Waals surface area contributed by atoms with Crippen LogP contribution >= 0.6 is 0 Å². The van der Waals surface area contributed by atoms with Crippen molar-refractivity contribution in [2.45, 2.75) is 30.7 Å². The maximum atomic E-state index is 14.0. The number of hydrogen-bond acceptors (Lipinski definition) is 5. The number of nitrogens with zero attached hydrogens (tertiary/aromatic N) is 2. The van der Waals surface area contributed by atoms with Crippen LogP contribution in [0.2, 0.25) is 0 Å². The first-order chi connectivity index (χ1) is 13.4. The second-order valence-corrected chi connectivity index (χ2v) is 8.47. The SMILES string of the molecule is Cc1nc2cc(NC(=O)C3CCCN3S(=O)(=O)c3ccccc3F)ccc2o1. The Hall–Kier alpha value is -2.78. The van der Waals surface area contributed by atoms with Crippen molar-refractivity contribution in [1.29, 1.82) is 0 Å². The zero-order chi connectivity index (χ0) is 19.9. The third kappa shape index (κ3) is 3.27. The Bertz CT molecular complexity index is 1160. The van der Waals surface area contributed by atoms with Gasteiger partial charge in [0.2, 0.25) is 15.9 Å². The van der Waals surface area contributed by atoms with E-state index in [9.17, 15) is 17.6 Å². The van der Waals surface area contributed by atoms with Crippen LogP contribution in [0.4, 0.5) is 10.1 Å². The molecule has 2 heterocycles. The van der Waals surface area contributed by atoms with E-state index in [1.54, 1.807) is 25.1 Å². The minimum Gasteiger partial charge on any atom is -0.441 e. The molecule has 1 aliphatic rings. The van der Waals surface area contributed by atoms with E-state index in [-0.39, 0.29) is 6.54 Å². The normalized spacial score (nSPS) is 17.9. The molecule has 9 heteroatoms. The number of aromatic nitrogens is 1. The van der Waals surface area contributed by atoms with Crippen molar-refractivity contribution in [3.63, 3.8) is 0 Å². The van der Waals surface area contributed by atoms with Gasteiger partial charge in [-0.2, -0.15) is 4.31 Å². The number of fused-ring (bicyclic) bond motifs is 1. The molecule has 1 aliphatic heterocycles. The lowest BCUT2D eigenvalue weighted by atomic mass is 10.2. The van der Waals surface area contributed by atoms with Gasteiger partial charge in [-0.1, -0.05) is 12.1 Å². The molecular weight excluding hydrogens is 385 g/mol. The third-order valence-corrected chi connectivity index (χ3v) is 6.63. The second-order valence-electron chi connectivity index (χ2n) is 6.61. The van der Waals surface area contributed by atoms with Gasteiger partial charge >= 0.3 is 0 Å². The number of benzene rings is 2. The number of amides is 1. The predicted octanol–water partition coefficient (Wildman–Crippen LogP) is 3.07. The lowest BCUT2D eigenvalue weighted by molar-refractivity contribution is -0.119. The van der Waals surface area contributed by atoms with Gasteiger partial charge in [0.05, 0.1) is 0 Å². The Balaban J connectivity index is 1.58. The fraction of sp³-hybridized carbons (Fsp3) is 0.263. The van der Waals surface area contributed by atoms with Crippen molar-refractivity contribution in [3.8, 4) is 0 Å². The summed E-state index contributed by atoms with van der Waals surface area (Å²) in [5, 5.41) is 2.73. The van der Waals surface area contributed by atoms with Gasteiger partial charge in [0, 0.05) is 19.2 Å². The lowest BCUT2D eigenvalue weighted by Crippen LogP contribution is -2.43. The van der Waals surface area contributed by atoms with Crippen LogP contribution in [0.15, 0.2) is 51.8 Å². The van der Waals surface area contributed by atoms with Gasteiger partial charge in [0.25, 0.3) is 0 Å². The number of sulfonamides is 1. The highest BCUT2D eigenvalue weighted by Crippen LogP contribution is 2.28. The first kappa shape index (κ1) is 18.6. The largest absolute Gasteiger partial charge is 0.441 e. The number of nitrogens with one attached hydrogen (secondary N) is 1. The zero-order valence-electron chi connectivity index (χ0n) is 15.1. The molecule has 1 unspecified atom stereocenters. The summed E-state index contributed by atoms with van der Waals surface area (Å²) < 4.78 is 46.3. The van der Waals surface area contributed by atoms with Crippen LogP contribution in [0, 0.1) is 12.7 Å². The number of halogens is 1. The number of hydrogen-bond donors (Lipinski definition) is 1. The summed E-state index contributed by atoms with van der Waals surface area (Å²) >= 11 is 0. The van der Waals surface area contributed by atoms with E-state index in [1.165, 1.54) is 18.2 Å². The first-order valence-corrected chi connectivity index (χ1v) is 10.2. The number of carbonyl (C=O) groups excluding carboxylic acids is 1. The van der Waals surface area contributed by atoms with E-state index >= 15 is 0 Å². The van der Waals surface area contributed by atoms with E-state index in [0.717, 1.165) is 10.4 Å². The monoisotopic (exact) mass is 403 g/mol. The van der Waals surface area contributed by atoms with Crippen molar-refractivity contribution < 1.29 is 22.0 Å². The molecule has 1 atom stereocenters. The van der Waals surface area contributed by atoms with Crippen molar-refractivity contribution in [2.75, 3.05) is 11.9 Å². The number of aryl methyl sites for hydroxylation is 1. The van der Waals surface area contributed by atoms with Gasteiger partial charge in [0.1, 0.15) is 22.3 Å². The van der Waals surface area contributed by atoms with Gasteiger partial charge in [-0.3, -0.25) is 4.79 Å². The Morgan fingerprint density at radius 3 is 2.86 bits per heavy atom. The van der Waals surface area contributed by atoms with Crippen LogP contribution in [-0.2, 0) is 14.8 Å². The predicted molar refractivity (Wildman–Crippen MR) is 101 cm³/mol. The summed E-state index contributed by atoms with van der Waals surface area (Å²) in [6, 6.07) is 9.28. The van der Waals surface area contributed by atoms with Crippen LogP contribution in [0.3, 0.4) is 0 Å². The highest BCUT2D eigenvalue weighted by Gasteiger charge is 2.40. The van der Waals surface area contributed by atoms with Gasteiger partial charge in [0.15, 0.2) is 11.5 Å². The summed E-state index contributed by atoms with van der Waals surface area (Å²) in [6.45, 7) is 1.89. The molecular formula is C19H18FN3O4S. The smallest absolute Gasteiger partial charge is 0.246 e. The summed E-state index contributed by atoms with van der Waals surface area (Å²) in [6.07, 6.45) is 0.887. The van der Waals surface area contributed by atoms with Gasteiger partial charge in [-0.25, -0.2) is 17.8 Å². The molecule has 1 aromatic heterocycles. The van der Waals surface area contributed by atoms with Crippen molar-refractivity contribution in [3.05, 3.63) is 54.2 Å². The highest BCUT2D eigenvalue weighted by molar-refractivity contribution is 7.89. The summed E-state index contributed by atoms with van der Waals surface area (Å²) in [5.74, 6) is -0.784. The standard InChI is InChI=1S/C19H18FN3O4S/c1-12-21-15-11-13(8-9-17(15)27-12)22-19(24)16-6-4-10-23(16)28(25,26)18-7-3-2-5-14(18)20/h2-3,5,7-9,11,16H,4,6,10H2,1H3,(H,22,24). The van der Waals surface area contributed by atoms with E-state index in [1.807, 2.05) is 0 Å². The average Bonchev–Trinajstić information content (AvgIpc) is 3.27. The molecule has 7 nitrogen and oxygen atoms in total. The minimum atomic E-state index is -4.12. The van der Waals surface area contributed by atoms with Crippen LogP contribution in [0.25, 0.3) is 11.1 Å². The molecule has 2 aromatic carbocycles. The zero-order valence-corrected chi connectivity index (χ0v) is 15.9. The molecule has 0 bridgehead atoms. The van der Waals surface area contributed by atoms with E-state index < -0.39 is 32.7 Å². The first-order valence-electron chi connectivity index (χ1n) is 8.81. The fourth-order valence-electron chi connectivity index (χ4n) is 3.42. The maximum absolute atomic E-state index is 14.0. The minimum absolute atomic E-state index is 0.163. The highest BCUT2D eigenvalue weighted by atomic mass is 32.2. The Morgan fingerprint density at radius 2 is 2.07 bits per heavy atom. The molecule has 1 N–H and O–H groups in total. The van der Waals surface area contributed by atoms with Crippen molar-refractivity contribution >= 4 is 32.7 Å². The maximum Gasteiger partial charge on any atom is 0.246 e. The van der Waals surface area contributed by atoms with Crippen LogP contribution < -0.4 is 5.32 Å². The fourth-order valence-corrected chi connectivity index (χ4v) is 5.14. The van der Waals surface area contributed by atoms with E-state index in [4.69, 9.17) is 4.42 Å². The molecule has 0 saturated carbocycles. The molecule has 0 spiro atoms. The number of carbonyl (C=O) groups is 1. The topological polar surface area (TPSA) is 92.5 Å². The van der Waals surface area contributed by atoms with Gasteiger partial charge in [-0.05, 0) is 43.2 Å². The third-order valence-electron chi connectivity index (χ3n) is 4.69. The van der Waals surface area contributed by atoms with Crippen molar-refractivity contribution in [2.24, 2.45) is 0 Å². The lowest BCUT2D eigenvalue weighted by Gasteiger charge is -2.23. The van der Waals surface area contributed by atoms with Crippen molar-refractivity contribution in [1.82, 2.24) is 9.29 Å². The molecule has 1 saturated heterocycles. The van der Waals surface area contributed by atoms with Crippen LogP contribution in [0.5, 0.6) is 0 Å². The molecule has 0 aliphatic carbocycles. The van der Waals surface area contributed by atoms with E-state index in [2.05, 4.69) is 10.3 Å².